The number of anilines is 1. The highest BCUT2D eigenvalue weighted by molar-refractivity contribution is 9.10. The second kappa shape index (κ2) is 10.7. The Kier molecular flexibility index (Phi) is 7.69. The lowest BCUT2D eigenvalue weighted by Gasteiger charge is -2.12. The number of nitriles is 1. The molecule has 0 aliphatic rings. The van der Waals surface area contributed by atoms with Crippen LogP contribution < -0.4 is 14.8 Å². The van der Waals surface area contributed by atoms with Crippen molar-refractivity contribution < 1.29 is 14.3 Å². The molecule has 0 unspecified atom stereocenters. The Hall–Kier alpha value is -3.56. The molecule has 3 aromatic rings. The van der Waals surface area contributed by atoms with E-state index >= 15 is 0 Å². The molecule has 0 aromatic heterocycles. The zero-order valence-electron chi connectivity index (χ0n) is 18.1. The Morgan fingerprint density at radius 2 is 1.88 bits per heavy atom. The van der Waals surface area contributed by atoms with Gasteiger partial charge in [-0.15, -0.1) is 0 Å². The molecular weight excluding hydrogens is 468 g/mol. The van der Waals surface area contributed by atoms with Crippen LogP contribution in [0.1, 0.15) is 22.3 Å². The van der Waals surface area contributed by atoms with Crippen molar-refractivity contribution in [3.63, 3.8) is 0 Å². The summed E-state index contributed by atoms with van der Waals surface area (Å²) in [6, 6.07) is 20.7. The first-order valence-corrected chi connectivity index (χ1v) is 10.8. The lowest BCUT2D eigenvalue weighted by Crippen LogP contribution is -2.14. The molecule has 0 heterocycles. The van der Waals surface area contributed by atoms with Crippen molar-refractivity contribution in [2.75, 3.05) is 12.4 Å². The van der Waals surface area contributed by atoms with Gasteiger partial charge in [-0.05, 0) is 60.9 Å². The smallest absolute Gasteiger partial charge is 0.266 e. The number of aryl methyl sites for hydroxylation is 1. The Morgan fingerprint density at radius 3 is 2.59 bits per heavy atom. The van der Waals surface area contributed by atoms with Gasteiger partial charge in [-0.2, -0.15) is 5.26 Å². The van der Waals surface area contributed by atoms with E-state index < -0.39 is 5.91 Å². The van der Waals surface area contributed by atoms with Gasteiger partial charge in [-0.1, -0.05) is 52.3 Å². The first-order chi connectivity index (χ1) is 15.4. The van der Waals surface area contributed by atoms with Crippen LogP contribution in [0.4, 0.5) is 5.69 Å². The average molecular weight is 491 g/mol. The van der Waals surface area contributed by atoms with E-state index in [0.29, 0.717) is 29.4 Å². The molecule has 5 nitrogen and oxygen atoms in total. The number of carbonyl (C=O) groups excluding carboxylic acids is 1. The minimum atomic E-state index is -0.463. The summed E-state index contributed by atoms with van der Waals surface area (Å²) in [5.74, 6) is 0.617. The van der Waals surface area contributed by atoms with Crippen LogP contribution in [0, 0.1) is 25.2 Å². The Labute approximate surface area is 196 Å². The number of methoxy groups -OCH3 is 1. The maximum absolute atomic E-state index is 12.7. The van der Waals surface area contributed by atoms with Gasteiger partial charge in [0.2, 0.25) is 0 Å². The quantitative estimate of drug-likeness (QED) is 0.316. The van der Waals surface area contributed by atoms with Gasteiger partial charge in [0.05, 0.1) is 7.11 Å². The summed E-state index contributed by atoms with van der Waals surface area (Å²) in [6.07, 6.45) is 1.53. The molecule has 3 aromatic carbocycles. The van der Waals surface area contributed by atoms with Crippen molar-refractivity contribution in [1.29, 1.82) is 5.26 Å². The van der Waals surface area contributed by atoms with Gasteiger partial charge >= 0.3 is 0 Å². The Bertz CT molecular complexity index is 1210. The fraction of sp³-hybridized carbons (Fsp3) is 0.154. The van der Waals surface area contributed by atoms with Crippen molar-refractivity contribution in [2.45, 2.75) is 20.5 Å². The standard InChI is InChI=1S/C26H23BrN2O3/c1-17-7-6-10-23(18(17)2)29-26(30)21(15-28)13-19-11-12-24(25(14-19)31-3)32-16-20-8-4-5-9-22(20)27/h4-14H,16H2,1-3H3,(H,29,30)/b21-13+. The summed E-state index contributed by atoms with van der Waals surface area (Å²) in [7, 11) is 1.55. The molecule has 0 aliphatic heterocycles. The lowest BCUT2D eigenvalue weighted by molar-refractivity contribution is -0.112. The predicted octanol–water partition coefficient (Wildman–Crippen LogP) is 6.20. The molecule has 1 amide bonds. The number of benzene rings is 3. The van der Waals surface area contributed by atoms with E-state index in [4.69, 9.17) is 9.47 Å². The van der Waals surface area contributed by atoms with Gasteiger partial charge in [0, 0.05) is 15.7 Å². The van der Waals surface area contributed by atoms with E-state index in [1.54, 1.807) is 25.3 Å². The Balaban J connectivity index is 1.78. The highest BCUT2D eigenvalue weighted by atomic mass is 79.9. The summed E-state index contributed by atoms with van der Waals surface area (Å²) >= 11 is 3.51. The molecule has 0 saturated heterocycles. The number of nitrogens with zero attached hydrogens (tertiary/aromatic N) is 1. The van der Waals surface area contributed by atoms with Crippen LogP contribution >= 0.6 is 15.9 Å². The third-order valence-electron chi connectivity index (χ3n) is 5.06. The molecule has 6 heteroatoms. The van der Waals surface area contributed by atoms with Gasteiger partial charge in [0.15, 0.2) is 11.5 Å². The molecule has 0 fully saturated rings. The SMILES string of the molecule is COc1cc(/C=C(\C#N)C(=O)Nc2cccc(C)c2C)ccc1OCc1ccccc1Br. The zero-order chi connectivity index (χ0) is 23.1. The first kappa shape index (κ1) is 23.1. The van der Waals surface area contributed by atoms with Gasteiger partial charge in [0.1, 0.15) is 18.2 Å². The van der Waals surface area contributed by atoms with E-state index in [9.17, 15) is 10.1 Å². The van der Waals surface area contributed by atoms with E-state index in [1.807, 2.05) is 62.4 Å². The van der Waals surface area contributed by atoms with Gasteiger partial charge in [0.25, 0.3) is 5.91 Å². The predicted molar refractivity (Wildman–Crippen MR) is 130 cm³/mol. The molecule has 162 valence electrons. The van der Waals surface area contributed by atoms with Crippen LogP contribution in [0.25, 0.3) is 6.08 Å². The number of amides is 1. The van der Waals surface area contributed by atoms with Crippen LogP contribution in [-0.2, 0) is 11.4 Å². The van der Waals surface area contributed by atoms with Crippen molar-refractivity contribution in [2.24, 2.45) is 0 Å². The van der Waals surface area contributed by atoms with E-state index in [-0.39, 0.29) is 5.57 Å². The van der Waals surface area contributed by atoms with E-state index in [0.717, 1.165) is 21.2 Å². The molecule has 0 bridgehead atoms. The van der Waals surface area contributed by atoms with Crippen molar-refractivity contribution in [3.8, 4) is 17.6 Å². The monoisotopic (exact) mass is 490 g/mol. The molecule has 0 aliphatic carbocycles. The fourth-order valence-electron chi connectivity index (χ4n) is 3.06. The number of hydrogen-bond acceptors (Lipinski definition) is 4. The van der Waals surface area contributed by atoms with Gasteiger partial charge in [-0.3, -0.25) is 4.79 Å². The number of ether oxygens (including phenoxy) is 2. The van der Waals surface area contributed by atoms with Gasteiger partial charge in [-0.25, -0.2) is 0 Å². The molecule has 32 heavy (non-hydrogen) atoms. The van der Waals surface area contributed by atoms with Crippen molar-refractivity contribution >= 4 is 33.6 Å². The minimum Gasteiger partial charge on any atom is -0.493 e. The number of halogens is 1. The summed E-state index contributed by atoms with van der Waals surface area (Å²) < 4.78 is 12.3. The summed E-state index contributed by atoms with van der Waals surface area (Å²) in [6.45, 7) is 4.27. The zero-order valence-corrected chi connectivity index (χ0v) is 19.7. The van der Waals surface area contributed by atoms with Crippen LogP contribution in [-0.4, -0.2) is 13.0 Å². The molecule has 0 radical (unpaired) electrons. The molecular formula is C26H23BrN2O3. The highest BCUT2D eigenvalue weighted by Crippen LogP contribution is 2.30. The molecule has 1 N–H and O–H groups in total. The topological polar surface area (TPSA) is 71.3 Å². The third kappa shape index (κ3) is 5.57. The number of rotatable bonds is 7. The molecule has 3 rings (SSSR count). The number of nitrogens with one attached hydrogen (secondary N) is 1. The van der Waals surface area contributed by atoms with Crippen molar-refractivity contribution in [3.05, 3.63) is 93.0 Å². The molecule has 0 saturated carbocycles. The lowest BCUT2D eigenvalue weighted by atomic mass is 10.1. The summed E-state index contributed by atoms with van der Waals surface area (Å²) in [5, 5.41) is 12.4. The largest absolute Gasteiger partial charge is 0.493 e. The maximum Gasteiger partial charge on any atom is 0.266 e. The average Bonchev–Trinajstić information content (AvgIpc) is 2.80. The van der Waals surface area contributed by atoms with Crippen LogP contribution in [0.2, 0.25) is 0 Å². The van der Waals surface area contributed by atoms with E-state index in [2.05, 4.69) is 21.2 Å². The summed E-state index contributed by atoms with van der Waals surface area (Å²) in [5.41, 5.74) is 4.37. The normalized spacial score (nSPS) is 10.9. The highest BCUT2D eigenvalue weighted by Gasteiger charge is 2.13. The Morgan fingerprint density at radius 1 is 1.09 bits per heavy atom. The molecule has 0 spiro atoms. The van der Waals surface area contributed by atoms with Crippen molar-refractivity contribution in [1.82, 2.24) is 0 Å². The maximum atomic E-state index is 12.7. The fourth-order valence-corrected chi connectivity index (χ4v) is 3.45. The van der Waals surface area contributed by atoms with Gasteiger partial charge < -0.3 is 14.8 Å². The van der Waals surface area contributed by atoms with Crippen LogP contribution in [0.3, 0.4) is 0 Å². The third-order valence-corrected chi connectivity index (χ3v) is 5.83. The first-order valence-electron chi connectivity index (χ1n) is 9.96. The van der Waals surface area contributed by atoms with E-state index in [1.165, 1.54) is 6.08 Å². The number of hydrogen-bond donors (Lipinski definition) is 1. The second-order valence-electron chi connectivity index (χ2n) is 7.16. The van der Waals surface area contributed by atoms with Crippen LogP contribution in [0.5, 0.6) is 11.5 Å². The second-order valence-corrected chi connectivity index (χ2v) is 8.02. The number of carbonyl (C=O) groups is 1. The molecule has 0 atom stereocenters. The van der Waals surface area contributed by atoms with Crippen LogP contribution in [0.15, 0.2) is 70.7 Å². The minimum absolute atomic E-state index is 0.00477. The summed E-state index contributed by atoms with van der Waals surface area (Å²) in [4.78, 5) is 12.7.